The lowest BCUT2D eigenvalue weighted by Gasteiger charge is -2.08. The summed E-state index contributed by atoms with van der Waals surface area (Å²) in [4.78, 5) is 12.8. The number of hydrogen-bond donors (Lipinski definition) is 0. The summed E-state index contributed by atoms with van der Waals surface area (Å²) in [7, 11) is 1.57. The highest BCUT2D eigenvalue weighted by Crippen LogP contribution is 2.32. The van der Waals surface area contributed by atoms with Crippen molar-refractivity contribution in [2.24, 2.45) is 0 Å². The second kappa shape index (κ2) is 5.78. The molecule has 3 rings (SSSR count). The molecule has 0 aliphatic heterocycles. The lowest BCUT2D eigenvalue weighted by atomic mass is 10.2. The SMILES string of the molecule is COc1cc2cc(C)n(C(=O)c3ccc(Br)cc3)c2cc1Cl. The fraction of sp³-hybridized carbons (Fsp3) is 0.118. The van der Waals surface area contributed by atoms with Gasteiger partial charge in [0.05, 0.1) is 17.6 Å². The van der Waals surface area contributed by atoms with Gasteiger partial charge in [0.1, 0.15) is 5.75 Å². The monoisotopic (exact) mass is 377 g/mol. The summed E-state index contributed by atoms with van der Waals surface area (Å²) in [6, 6.07) is 12.8. The van der Waals surface area contributed by atoms with Crippen LogP contribution in [-0.4, -0.2) is 17.6 Å². The molecule has 0 aliphatic rings. The standard InChI is InChI=1S/C17H13BrClNO2/c1-10-7-12-8-16(22-2)14(19)9-15(12)20(10)17(21)11-3-5-13(18)6-4-11/h3-9H,1-2H3. The predicted octanol–water partition coefficient (Wildman–Crippen LogP) is 5.06. The summed E-state index contributed by atoms with van der Waals surface area (Å²) in [5.74, 6) is 0.517. The van der Waals surface area contributed by atoms with E-state index in [1.807, 2.05) is 31.2 Å². The number of fused-ring (bicyclic) bond motifs is 1. The van der Waals surface area contributed by atoms with Crippen LogP contribution in [0.4, 0.5) is 0 Å². The average molecular weight is 379 g/mol. The van der Waals surface area contributed by atoms with Crippen LogP contribution in [0.25, 0.3) is 10.9 Å². The van der Waals surface area contributed by atoms with E-state index in [0.717, 1.165) is 21.1 Å². The van der Waals surface area contributed by atoms with Gasteiger partial charge in [-0.2, -0.15) is 0 Å². The van der Waals surface area contributed by atoms with Crippen LogP contribution in [0, 0.1) is 6.92 Å². The molecule has 3 nitrogen and oxygen atoms in total. The van der Waals surface area contributed by atoms with Gasteiger partial charge in [-0.1, -0.05) is 27.5 Å². The van der Waals surface area contributed by atoms with Gasteiger partial charge in [0.2, 0.25) is 0 Å². The van der Waals surface area contributed by atoms with Crippen molar-refractivity contribution < 1.29 is 9.53 Å². The number of carbonyl (C=O) groups excluding carboxylic acids is 1. The highest BCUT2D eigenvalue weighted by atomic mass is 79.9. The van der Waals surface area contributed by atoms with Crippen LogP contribution in [0.3, 0.4) is 0 Å². The maximum Gasteiger partial charge on any atom is 0.262 e. The fourth-order valence-electron chi connectivity index (χ4n) is 2.50. The van der Waals surface area contributed by atoms with Gasteiger partial charge in [-0.3, -0.25) is 9.36 Å². The Labute approximate surface area is 141 Å². The molecular weight excluding hydrogens is 366 g/mol. The third kappa shape index (κ3) is 2.53. The van der Waals surface area contributed by atoms with E-state index in [1.54, 1.807) is 29.9 Å². The summed E-state index contributed by atoms with van der Waals surface area (Å²) in [5, 5.41) is 1.40. The third-order valence-corrected chi connectivity index (χ3v) is 4.38. The van der Waals surface area contributed by atoms with Gasteiger partial charge in [-0.05, 0) is 49.4 Å². The molecule has 0 N–H and O–H groups in total. The number of carbonyl (C=O) groups is 1. The van der Waals surface area contributed by atoms with Gasteiger partial charge < -0.3 is 4.74 Å². The molecular formula is C17H13BrClNO2. The molecule has 0 bridgehead atoms. The Morgan fingerprint density at radius 3 is 2.50 bits per heavy atom. The van der Waals surface area contributed by atoms with Crippen molar-refractivity contribution in [2.75, 3.05) is 7.11 Å². The fourth-order valence-corrected chi connectivity index (χ4v) is 2.99. The highest BCUT2D eigenvalue weighted by molar-refractivity contribution is 9.10. The summed E-state index contributed by atoms with van der Waals surface area (Å²) in [6.07, 6.45) is 0. The molecule has 5 heteroatoms. The molecule has 22 heavy (non-hydrogen) atoms. The Morgan fingerprint density at radius 1 is 1.18 bits per heavy atom. The first-order valence-electron chi connectivity index (χ1n) is 6.67. The van der Waals surface area contributed by atoms with Crippen LogP contribution in [0.15, 0.2) is 46.9 Å². The minimum absolute atomic E-state index is 0.0822. The molecule has 0 saturated heterocycles. The van der Waals surface area contributed by atoms with E-state index in [2.05, 4.69) is 15.9 Å². The third-order valence-electron chi connectivity index (χ3n) is 3.55. The van der Waals surface area contributed by atoms with Crippen LogP contribution < -0.4 is 4.74 Å². The molecule has 0 saturated carbocycles. The molecule has 0 spiro atoms. The minimum atomic E-state index is -0.0822. The first-order valence-corrected chi connectivity index (χ1v) is 7.84. The quantitative estimate of drug-likeness (QED) is 0.624. The van der Waals surface area contributed by atoms with Crippen molar-refractivity contribution in [3.63, 3.8) is 0 Å². The molecule has 1 aromatic heterocycles. The van der Waals surface area contributed by atoms with Gasteiger partial charge in [0.15, 0.2) is 0 Å². The van der Waals surface area contributed by atoms with E-state index in [0.29, 0.717) is 16.3 Å². The molecule has 1 heterocycles. The van der Waals surface area contributed by atoms with Gasteiger partial charge >= 0.3 is 0 Å². The van der Waals surface area contributed by atoms with Crippen molar-refractivity contribution >= 4 is 44.3 Å². The number of nitrogens with zero attached hydrogens (tertiary/aromatic N) is 1. The van der Waals surface area contributed by atoms with Crippen LogP contribution in [0.5, 0.6) is 5.75 Å². The molecule has 0 atom stereocenters. The Morgan fingerprint density at radius 2 is 1.86 bits per heavy atom. The van der Waals surface area contributed by atoms with Crippen molar-refractivity contribution in [3.05, 3.63) is 63.2 Å². The second-order valence-corrected chi connectivity index (χ2v) is 6.30. The van der Waals surface area contributed by atoms with Crippen LogP contribution in [0.2, 0.25) is 5.02 Å². The number of halogens is 2. The van der Waals surface area contributed by atoms with Crippen molar-refractivity contribution in [1.29, 1.82) is 0 Å². The zero-order valence-corrected chi connectivity index (χ0v) is 14.4. The normalized spacial score (nSPS) is 10.9. The van der Waals surface area contributed by atoms with E-state index >= 15 is 0 Å². The predicted molar refractivity (Wildman–Crippen MR) is 92.1 cm³/mol. The van der Waals surface area contributed by atoms with E-state index in [-0.39, 0.29) is 5.91 Å². The zero-order valence-electron chi connectivity index (χ0n) is 12.1. The summed E-state index contributed by atoms with van der Waals surface area (Å²) in [6.45, 7) is 1.90. The molecule has 112 valence electrons. The van der Waals surface area contributed by atoms with E-state index in [1.165, 1.54) is 0 Å². The number of methoxy groups -OCH3 is 1. The van der Waals surface area contributed by atoms with E-state index in [4.69, 9.17) is 16.3 Å². The largest absolute Gasteiger partial charge is 0.495 e. The number of aryl methyl sites for hydroxylation is 1. The number of benzene rings is 2. The van der Waals surface area contributed by atoms with Gasteiger partial charge in [0, 0.05) is 21.1 Å². The van der Waals surface area contributed by atoms with Crippen LogP contribution in [-0.2, 0) is 0 Å². The number of rotatable bonds is 2. The molecule has 0 unspecified atom stereocenters. The first-order chi connectivity index (χ1) is 10.5. The lowest BCUT2D eigenvalue weighted by molar-refractivity contribution is 0.0963. The topological polar surface area (TPSA) is 31.2 Å². The molecule has 0 aliphatic carbocycles. The van der Waals surface area contributed by atoms with Crippen molar-refractivity contribution in [1.82, 2.24) is 4.57 Å². The smallest absolute Gasteiger partial charge is 0.262 e. The maximum absolute atomic E-state index is 12.8. The Bertz CT molecular complexity index is 868. The Kier molecular flexibility index (Phi) is 3.98. The molecule has 0 fully saturated rings. The number of ether oxygens (including phenoxy) is 1. The maximum atomic E-state index is 12.8. The molecule has 3 aromatic rings. The van der Waals surface area contributed by atoms with E-state index in [9.17, 15) is 4.79 Å². The minimum Gasteiger partial charge on any atom is -0.495 e. The van der Waals surface area contributed by atoms with Crippen LogP contribution in [0.1, 0.15) is 16.1 Å². The summed E-state index contributed by atoms with van der Waals surface area (Å²) >= 11 is 9.57. The van der Waals surface area contributed by atoms with Gasteiger partial charge in [0.25, 0.3) is 5.91 Å². The Hall–Kier alpha value is -1.78. The zero-order chi connectivity index (χ0) is 15.9. The Balaban J connectivity index is 2.18. The molecule has 2 aromatic carbocycles. The first kappa shape index (κ1) is 15.1. The van der Waals surface area contributed by atoms with Crippen molar-refractivity contribution in [3.8, 4) is 5.75 Å². The number of hydrogen-bond acceptors (Lipinski definition) is 2. The second-order valence-electron chi connectivity index (χ2n) is 4.98. The highest BCUT2D eigenvalue weighted by Gasteiger charge is 2.16. The molecule has 0 radical (unpaired) electrons. The summed E-state index contributed by atoms with van der Waals surface area (Å²) in [5.41, 5.74) is 2.25. The van der Waals surface area contributed by atoms with E-state index < -0.39 is 0 Å². The van der Waals surface area contributed by atoms with Gasteiger partial charge in [-0.15, -0.1) is 0 Å². The number of aromatic nitrogens is 1. The van der Waals surface area contributed by atoms with Gasteiger partial charge in [-0.25, -0.2) is 0 Å². The average Bonchev–Trinajstić information content (AvgIpc) is 2.81. The summed E-state index contributed by atoms with van der Waals surface area (Å²) < 4.78 is 7.84. The lowest BCUT2D eigenvalue weighted by Crippen LogP contribution is -2.13. The molecule has 0 amide bonds. The van der Waals surface area contributed by atoms with Crippen LogP contribution >= 0.6 is 27.5 Å². The van der Waals surface area contributed by atoms with Crippen molar-refractivity contribution in [2.45, 2.75) is 6.92 Å².